The quantitative estimate of drug-likeness (QED) is 0.847. The first kappa shape index (κ1) is 14.6. The Morgan fingerprint density at radius 3 is 2.61 bits per heavy atom. The predicted octanol–water partition coefficient (Wildman–Crippen LogP) is 3.00. The molecule has 0 spiro atoms. The summed E-state index contributed by atoms with van der Waals surface area (Å²) in [6.45, 7) is 8.54. The minimum Gasteiger partial charge on any atom is -0.478 e. The van der Waals surface area contributed by atoms with Crippen molar-refractivity contribution < 1.29 is 14.3 Å². The highest BCUT2D eigenvalue weighted by molar-refractivity contribution is 5.89. The maximum Gasteiger partial charge on any atom is 0.336 e. The average Bonchev–Trinajstić information content (AvgIpc) is 2.29. The van der Waals surface area contributed by atoms with Crippen LogP contribution in [0.2, 0.25) is 0 Å². The number of carboxylic acid groups (broad SMARTS) is 1. The van der Waals surface area contributed by atoms with E-state index < -0.39 is 11.8 Å². The zero-order chi connectivity index (χ0) is 13.7. The van der Waals surface area contributed by atoms with Crippen LogP contribution in [0.1, 0.15) is 36.7 Å². The Morgan fingerprint density at radius 1 is 1.44 bits per heavy atom. The summed E-state index contributed by atoms with van der Waals surface area (Å²) in [4.78, 5) is 13.2. The van der Waals surface area contributed by atoms with Crippen LogP contribution in [0.15, 0.2) is 18.2 Å². The molecule has 0 saturated carbocycles. The first-order valence-electron chi connectivity index (χ1n) is 6.18. The Bertz CT molecular complexity index is 418. The van der Waals surface area contributed by atoms with Crippen LogP contribution >= 0.6 is 0 Å². The van der Waals surface area contributed by atoms with E-state index >= 15 is 0 Å². The number of aromatic carboxylic acids is 1. The molecular formula is C14H20FNO2. The van der Waals surface area contributed by atoms with Crippen molar-refractivity contribution in [2.45, 2.75) is 27.3 Å². The standard InChI is InChI=1S/C14H20FNO2/c1-4-16(8-10(2)3)9-11-5-6-12(15)7-13(11)14(17)18/h5-7,10H,4,8-9H2,1-3H3,(H,17,18). The molecule has 0 saturated heterocycles. The molecule has 0 aliphatic heterocycles. The molecule has 1 aromatic rings. The molecule has 0 radical (unpaired) electrons. The number of carbonyl (C=O) groups is 1. The van der Waals surface area contributed by atoms with Crippen molar-refractivity contribution in [1.29, 1.82) is 0 Å². The van der Waals surface area contributed by atoms with Gasteiger partial charge < -0.3 is 5.11 Å². The summed E-state index contributed by atoms with van der Waals surface area (Å²) < 4.78 is 13.1. The number of halogens is 1. The van der Waals surface area contributed by atoms with Gasteiger partial charge >= 0.3 is 5.97 Å². The van der Waals surface area contributed by atoms with Gasteiger partial charge in [-0.05, 0) is 30.2 Å². The molecule has 100 valence electrons. The number of benzene rings is 1. The van der Waals surface area contributed by atoms with Crippen molar-refractivity contribution in [3.05, 3.63) is 35.1 Å². The van der Waals surface area contributed by atoms with Gasteiger partial charge in [-0.15, -0.1) is 0 Å². The van der Waals surface area contributed by atoms with Crippen LogP contribution in [0.5, 0.6) is 0 Å². The van der Waals surface area contributed by atoms with Gasteiger partial charge in [0.25, 0.3) is 0 Å². The molecule has 0 aliphatic rings. The van der Waals surface area contributed by atoms with Crippen LogP contribution in [0, 0.1) is 11.7 Å². The third-order valence-electron chi connectivity index (χ3n) is 2.77. The van der Waals surface area contributed by atoms with Gasteiger partial charge in [-0.25, -0.2) is 9.18 Å². The van der Waals surface area contributed by atoms with Crippen molar-refractivity contribution in [2.75, 3.05) is 13.1 Å². The van der Waals surface area contributed by atoms with Crippen LogP contribution in [0.25, 0.3) is 0 Å². The van der Waals surface area contributed by atoms with E-state index in [1.165, 1.54) is 6.07 Å². The molecule has 0 atom stereocenters. The summed E-state index contributed by atoms with van der Waals surface area (Å²) in [6.07, 6.45) is 0. The van der Waals surface area contributed by atoms with Crippen molar-refractivity contribution in [1.82, 2.24) is 4.90 Å². The van der Waals surface area contributed by atoms with Gasteiger partial charge in [0.2, 0.25) is 0 Å². The lowest BCUT2D eigenvalue weighted by atomic mass is 10.1. The highest BCUT2D eigenvalue weighted by Crippen LogP contribution is 2.15. The highest BCUT2D eigenvalue weighted by atomic mass is 19.1. The Morgan fingerprint density at radius 2 is 2.11 bits per heavy atom. The van der Waals surface area contributed by atoms with E-state index in [1.54, 1.807) is 6.07 Å². The zero-order valence-corrected chi connectivity index (χ0v) is 11.1. The third-order valence-corrected chi connectivity index (χ3v) is 2.77. The van der Waals surface area contributed by atoms with Crippen LogP contribution in [0.3, 0.4) is 0 Å². The summed E-state index contributed by atoms with van der Waals surface area (Å²) >= 11 is 0. The second kappa shape index (κ2) is 6.50. The SMILES string of the molecule is CCN(Cc1ccc(F)cc1C(=O)O)CC(C)C. The molecule has 0 bridgehead atoms. The molecule has 1 rings (SSSR count). The van der Waals surface area contributed by atoms with Crippen molar-refractivity contribution in [3.63, 3.8) is 0 Å². The van der Waals surface area contributed by atoms with E-state index in [2.05, 4.69) is 18.7 Å². The minimum atomic E-state index is -1.08. The Labute approximate surface area is 107 Å². The van der Waals surface area contributed by atoms with Gasteiger partial charge in [-0.1, -0.05) is 26.8 Å². The fourth-order valence-corrected chi connectivity index (χ4v) is 1.95. The molecule has 4 heteroatoms. The second-order valence-corrected chi connectivity index (χ2v) is 4.83. The Balaban J connectivity index is 2.91. The smallest absolute Gasteiger partial charge is 0.336 e. The molecule has 0 amide bonds. The lowest BCUT2D eigenvalue weighted by molar-refractivity contribution is 0.0693. The minimum absolute atomic E-state index is 0.0530. The lowest BCUT2D eigenvalue weighted by Gasteiger charge is -2.23. The fraction of sp³-hybridized carbons (Fsp3) is 0.500. The maximum atomic E-state index is 13.1. The van der Waals surface area contributed by atoms with Gasteiger partial charge in [0.05, 0.1) is 5.56 Å². The van der Waals surface area contributed by atoms with E-state index in [4.69, 9.17) is 5.11 Å². The molecule has 1 N–H and O–H groups in total. The normalized spacial score (nSPS) is 11.2. The van der Waals surface area contributed by atoms with E-state index in [0.29, 0.717) is 18.0 Å². The summed E-state index contributed by atoms with van der Waals surface area (Å²) in [5.41, 5.74) is 0.712. The fourth-order valence-electron chi connectivity index (χ4n) is 1.95. The molecule has 0 fully saturated rings. The van der Waals surface area contributed by atoms with Gasteiger partial charge in [0.1, 0.15) is 5.82 Å². The first-order valence-corrected chi connectivity index (χ1v) is 6.18. The van der Waals surface area contributed by atoms with Crippen LogP contribution in [0.4, 0.5) is 4.39 Å². The monoisotopic (exact) mass is 253 g/mol. The van der Waals surface area contributed by atoms with Gasteiger partial charge in [0, 0.05) is 13.1 Å². The van der Waals surface area contributed by atoms with E-state index in [-0.39, 0.29) is 5.56 Å². The van der Waals surface area contributed by atoms with E-state index in [0.717, 1.165) is 19.2 Å². The van der Waals surface area contributed by atoms with Crippen molar-refractivity contribution >= 4 is 5.97 Å². The van der Waals surface area contributed by atoms with Crippen molar-refractivity contribution in [2.24, 2.45) is 5.92 Å². The molecular weight excluding hydrogens is 233 g/mol. The van der Waals surface area contributed by atoms with Crippen LogP contribution in [-0.2, 0) is 6.54 Å². The van der Waals surface area contributed by atoms with Gasteiger partial charge in [-0.3, -0.25) is 4.90 Å². The molecule has 0 aromatic heterocycles. The van der Waals surface area contributed by atoms with Gasteiger partial charge in [-0.2, -0.15) is 0 Å². The Kier molecular flexibility index (Phi) is 5.28. The van der Waals surface area contributed by atoms with Gasteiger partial charge in [0.15, 0.2) is 0 Å². The lowest BCUT2D eigenvalue weighted by Crippen LogP contribution is -2.28. The number of nitrogens with zero attached hydrogens (tertiary/aromatic N) is 1. The number of rotatable bonds is 6. The van der Waals surface area contributed by atoms with Crippen LogP contribution in [-0.4, -0.2) is 29.1 Å². The van der Waals surface area contributed by atoms with Crippen molar-refractivity contribution in [3.8, 4) is 0 Å². The second-order valence-electron chi connectivity index (χ2n) is 4.83. The molecule has 0 unspecified atom stereocenters. The molecule has 3 nitrogen and oxygen atoms in total. The third kappa shape index (κ3) is 4.11. The van der Waals surface area contributed by atoms with Crippen LogP contribution < -0.4 is 0 Å². The number of hydrogen-bond acceptors (Lipinski definition) is 2. The number of hydrogen-bond donors (Lipinski definition) is 1. The maximum absolute atomic E-state index is 13.1. The predicted molar refractivity (Wildman–Crippen MR) is 69.1 cm³/mol. The molecule has 1 aromatic carbocycles. The van der Waals surface area contributed by atoms with E-state index in [9.17, 15) is 9.18 Å². The largest absolute Gasteiger partial charge is 0.478 e. The summed E-state index contributed by atoms with van der Waals surface area (Å²) in [7, 11) is 0. The Hall–Kier alpha value is -1.42. The average molecular weight is 253 g/mol. The molecule has 0 heterocycles. The first-order chi connectivity index (χ1) is 8.43. The summed E-state index contributed by atoms with van der Waals surface area (Å²) in [6, 6.07) is 3.95. The molecule has 0 aliphatic carbocycles. The van der Waals surface area contributed by atoms with E-state index in [1.807, 2.05) is 6.92 Å². The highest BCUT2D eigenvalue weighted by Gasteiger charge is 2.14. The zero-order valence-electron chi connectivity index (χ0n) is 11.1. The molecule has 18 heavy (non-hydrogen) atoms. The summed E-state index contributed by atoms with van der Waals surface area (Å²) in [5, 5.41) is 9.07. The summed E-state index contributed by atoms with van der Waals surface area (Å²) in [5.74, 6) is -1.08. The topological polar surface area (TPSA) is 40.5 Å². The number of carboxylic acids is 1.